The van der Waals surface area contributed by atoms with Crippen LogP contribution in [0.15, 0.2) is 5.16 Å². The second kappa shape index (κ2) is 4.31. The summed E-state index contributed by atoms with van der Waals surface area (Å²) in [4.78, 5) is 0. The summed E-state index contributed by atoms with van der Waals surface area (Å²) in [6.07, 6.45) is 4.95. The maximum Gasteiger partial charge on any atom is 0.191 e. The average Bonchev–Trinajstić information content (AvgIpc) is 3.24. The van der Waals surface area contributed by atoms with Gasteiger partial charge >= 0.3 is 0 Å². The van der Waals surface area contributed by atoms with Crippen LogP contribution in [0.5, 0.6) is 0 Å². The number of hydrogen-bond donors (Lipinski definition) is 1. The molecular formula is C11H15N5S. The van der Waals surface area contributed by atoms with Gasteiger partial charge in [-0.2, -0.15) is 5.26 Å². The molecule has 0 aromatic carbocycles. The van der Waals surface area contributed by atoms with E-state index in [1.54, 1.807) is 11.8 Å². The topological polar surface area (TPSA) is 80.5 Å². The molecule has 0 bridgehead atoms. The van der Waals surface area contributed by atoms with Crippen LogP contribution in [0, 0.1) is 11.3 Å². The molecule has 0 spiro atoms. The summed E-state index contributed by atoms with van der Waals surface area (Å²) in [6.45, 7) is 0. The van der Waals surface area contributed by atoms with E-state index in [0.29, 0.717) is 17.7 Å². The van der Waals surface area contributed by atoms with E-state index < -0.39 is 6.04 Å². The summed E-state index contributed by atoms with van der Waals surface area (Å²) in [5, 5.41) is 18.2. The molecular weight excluding hydrogens is 234 g/mol. The third kappa shape index (κ3) is 2.31. The van der Waals surface area contributed by atoms with Crippen molar-refractivity contribution < 1.29 is 0 Å². The lowest BCUT2D eigenvalue weighted by Gasteiger charge is -2.08. The molecule has 2 N–H and O–H groups in total. The van der Waals surface area contributed by atoms with Crippen LogP contribution in [0.3, 0.4) is 0 Å². The van der Waals surface area contributed by atoms with Gasteiger partial charge < -0.3 is 10.3 Å². The van der Waals surface area contributed by atoms with Crippen molar-refractivity contribution in [3.8, 4) is 6.07 Å². The Balaban J connectivity index is 1.77. The zero-order valence-electron chi connectivity index (χ0n) is 9.54. The van der Waals surface area contributed by atoms with Gasteiger partial charge in [-0.25, -0.2) is 0 Å². The Hall–Kier alpha value is -1.06. The van der Waals surface area contributed by atoms with Crippen LogP contribution in [-0.2, 0) is 0 Å². The zero-order valence-corrected chi connectivity index (χ0v) is 10.4. The molecule has 90 valence electrons. The number of nitriles is 1. The average molecular weight is 249 g/mol. The first-order valence-corrected chi connectivity index (χ1v) is 7.01. The highest BCUT2D eigenvalue weighted by molar-refractivity contribution is 7.99. The molecule has 1 atom stereocenters. The highest BCUT2D eigenvalue weighted by atomic mass is 32.2. The molecule has 2 fully saturated rings. The molecule has 1 heterocycles. The Morgan fingerprint density at radius 3 is 2.76 bits per heavy atom. The number of rotatable bonds is 5. The molecule has 0 amide bonds. The zero-order chi connectivity index (χ0) is 11.8. The van der Waals surface area contributed by atoms with Gasteiger partial charge in [0.25, 0.3) is 0 Å². The van der Waals surface area contributed by atoms with Crippen molar-refractivity contribution in [3.63, 3.8) is 0 Å². The SMILES string of the molecule is N#CC(N)CSc1nnc(C2CC2)n1C1CC1. The fourth-order valence-electron chi connectivity index (χ4n) is 1.88. The summed E-state index contributed by atoms with van der Waals surface area (Å²) in [5.41, 5.74) is 5.60. The standard InChI is InChI=1S/C11H15N5S/c12-5-8(13)6-17-11-15-14-10(7-1-2-7)16(11)9-3-4-9/h7-9H,1-4,6,13H2. The Morgan fingerprint density at radius 2 is 2.18 bits per heavy atom. The fraction of sp³-hybridized carbons (Fsp3) is 0.727. The Bertz CT molecular complexity index is 455. The number of aromatic nitrogens is 3. The van der Waals surface area contributed by atoms with Crippen molar-refractivity contribution in [3.05, 3.63) is 5.82 Å². The molecule has 5 nitrogen and oxygen atoms in total. The number of hydrogen-bond acceptors (Lipinski definition) is 5. The van der Waals surface area contributed by atoms with Gasteiger partial charge in [-0.15, -0.1) is 10.2 Å². The lowest BCUT2D eigenvalue weighted by Crippen LogP contribution is -2.20. The fourth-order valence-corrected chi connectivity index (χ4v) is 2.77. The maximum atomic E-state index is 8.68. The van der Waals surface area contributed by atoms with Crippen molar-refractivity contribution in [2.75, 3.05) is 5.75 Å². The molecule has 0 aliphatic heterocycles. The minimum atomic E-state index is -0.422. The van der Waals surface area contributed by atoms with E-state index in [2.05, 4.69) is 14.8 Å². The summed E-state index contributed by atoms with van der Waals surface area (Å²) < 4.78 is 2.28. The van der Waals surface area contributed by atoms with Crippen LogP contribution in [0.4, 0.5) is 0 Å². The lowest BCUT2D eigenvalue weighted by molar-refractivity contribution is 0.626. The van der Waals surface area contributed by atoms with Crippen molar-refractivity contribution >= 4 is 11.8 Å². The summed E-state index contributed by atoms with van der Waals surface area (Å²) in [7, 11) is 0. The normalized spacial score (nSPS) is 21.2. The second-order valence-corrected chi connectivity index (χ2v) is 5.75. The van der Waals surface area contributed by atoms with E-state index in [-0.39, 0.29) is 0 Å². The molecule has 17 heavy (non-hydrogen) atoms. The predicted octanol–water partition coefficient (Wildman–Crippen LogP) is 1.43. The molecule has 2 aliphatic rings. The van der Waals surface area contributed by atoms with Crippen LogP contribution >= 0.6 is 11.8 Å². The van der Waals surface area contributed by atoms with Crippen molar-refractivity contribution in [2.45, 2.75) is 48.8 Å². The van der Waals surface area contributed by atoms with Crippen LogP contribution in [-0.4, -0.2) is 26.6 Å². The Morgan fingerprint density at radius 1 is 1.41 bits per heavy atom. The first kappa shape index (κ1) is 11.1. The summed E-state index contributed by atoms with van der Waals surface area (Å²) >= 11 is 1.56. The lowest BCUT2D eigenvalue weighted by atomic mass is 10.4. The Kier molecular flexibility index (Phi) is 2.81. The second-order valence-electron chi connectivity index (χ2n) is 4.76. The molecule has 2 saturated carbocycles. The minimum Gasteiger partial charge on any atom is -0.315 e. The van der Waals surface area contributed by atoms with Crippen LogP contribution < -0.4 is 5.73 Å². The van der Waals surface area contributed by atoms with Gasteiger partial charge in [0.05, 0.1) is 6.07 Å². The van der Waals surface area contributed by atoms with Crippen molar-refractivity contribution in [2.24, 2.45) is 5.73 Å². The number of thioether (sulfide) groups is 1. The van der Waals surface area contributed by atoms with Gasteiger partial charge in [-0.05, 0) is 25.7 Å². The van der Waals surface area contributed by atoms with Gasteiger partial charge in [0.15, 0.2) is 5.16 Å². The summed E-state index contributed by atoms with van der Waals surface area (Å²) in [5.74, 6) is 2.37. The van der Waals surface area contributed by atoms with Gasteiger partial charge in [-0.3, -0.25) is 0 Å². The van der Waals surface area contributed by atoms with Crippen LogP contribution in [0.25, 0.3) is 0 Å². The molecule has 0 saturated heterocycles. The Labute approximate surface area is 104 Å². The number of nitrogens with two attached hydrogens (primary N) is 1. The van der Waals surface area contributed by atoms with Crippen molar-refractivity contribution in [1.82, 2.24) is 14.8 Å². The van der Waals surface area contributed by atoms with Gasteiger partial charge in [0, 0.05) is 17.7 Å². The van der Waals surface area contributed by atoms with E-state index in [9.17, 15) is 0 Å². The molecule has 2 aliphatic carbocycles. The third-order valence-corrected chi connectivity index (χ3v) is 4.17. The van der Waals surface area contributed by atoms with E-state index in [1.807, 2.05) is 6.07 Å². The summed E-state index contributed by atoms with van der Waals surface area (Å²) in [6, 6.07) is 2.22. The molecule has 3 rings (SSSR count). The third-order valence-electron chi connectivity index (χ3n) is 3.10. The molecule has 0 radical (unpaired) electrons. The van der Waals surface area contributed by atoms with Gasteiger partial charge in [0.2, 0.25) is 0 Å². The first-order valence-electron chi connectivity index (χ1n) is 6.02. The van der Waals surface area contributed by atoms with Crippen LogP contribution in [0.1, 0.15) is 43.5 Å². The van der Waals surface area contributed by atoms with E-state index in [4.69, 9.17) is 11.0 Å². The number of nitrogens with zero attached hydrogens (tertiary/aromatic N) is 4. The van der Waals surface area contributed by atoms with E-state index in [0.717, 1.165) is 11.0 Å². The molecule has 1 aromatic rings. The van der Waals surface area contributed by atoms with Crippen molar-refractivity contribution in [1.29, 1.82) is 5.26 Å². The largest absolute Gasteiger partial charge is 0.315 e. The smallest absolute Gasteiger partial charge is 0.191 e. The maximum absolute atomic E-state index is 8.68. The predicted molar refractivity (Wildman–Crippen MR) is 64.6 cm³/mol. The highest BCUT2D eigenvalue weighted by Gasteiger charge is 2.36. The monoisotopic (exact) mass is 249 g/mol. The van der Waals surface area contributed by atoms with Gasteiger partial charge in [-0.1, -0.05) is 11.8 Å². The first-order chi connectivity index (χ1) is 8.29. The molecule has 1 unspecified atom stereocenters. The van der Waals surface area contributed by atoms with Gasteiger partial charge in [0.1, 0.15) is 11.9 Å². The molecule has 1 aromatic heterocycles. The highest BCUT2D eigenvalue weighted by Crippen LogP contribution is 2.45. The quantitative estimate of drug-likeness (QED) is 0.798. The van der Waals surface area contributed by atoms with Crippen LogP contribution in [0.2, 0.25) is 0 Å². The molecule has 6 heteroatoms. The van der Waals surface area contributed by atoms with E-state index in [1.165, 1.54) is 25.7 Å². The van der Waals surface area contributed by atoms with E-state index >= 15 is 0 Å². The minimum absolute atomic E-state index is 0.422.